The maximum Gasteiger partial charge on any atom is 0.410 e. The van der Waals surface area contributed by atoms with Crippen LogP contribution in [0, 0.1) is 12.7 Å². The first-order valence-electron chi connectivity index (χ1n) is 10.8. The molecule has 1 aliphatic heterocycles. The zero-order valence-electron chi connectivity index (χ0n) is 19.3. The molecule has 3 rings (SSSR count). The number of carbonyl (C=O) groups excluding carboxylic acids is 2. The molecule has 1 fully saturated rings. The molecule has 2 atom stereocenters. The van der Waals surface area contributed by atoms with Gasteiger partial charge in [0.2, 0.25) is 6.10 Å². The van der Waals surface area contributed by atoms with Crippen LogP contribution in [0.4, 0.5) is 9.18 Å². The third-order valence-corrected chi connectivity index (χ3v) is 5.29. The molecule has 0 radical (unpaired) electrons. The largest absolute Gasteiger partial charge is 0.476 e. The summed E-state index contributed by atoms with van der Waals surface area (Å²) in [5, 5.41) is 0. The number of carbonyl (C=O) groups is 2. The second-order valence-corrected chi connectivity index (χ2v) is 9.13. The van der Waals surface area contributed by atoms with E-state index >= 15 is 0 Å². The van der Waals surface area contributed by atoms with Gasteiger partial charge in [-0.05, 0) is 58.4 Å². The summed E-state index contributed by atoms with van der Waals surface area (Å²) < 4.78 is 25.8. The number of nitrogens with zero attached hydrogens (tertiary/aromatic N) is 2. The Bertz CT molecular complexity index is 958. The number of rotatable bonds is 4. The first-order valence-corrected chi connectivity index (χ1v) is 10.8. The first kappa shape index (κ1) is 23.6. The van der Waals surface area contributed by atoms with Crippen molar-refractivity contribution in [3.8, 4) is 5.75 Å². The van der Waals surface area contributed by atoms with E-state index in [1.165, 1.54) is 6.07 Å². The average molecular weight is 443 g/mol. The molecule has 1 saturated heterocycles. The summed E-state index contributed by atoms with van der Waals surface area (Å²) in [6.07, 6.45) is -1.39. The highest BCUT2D eigenvalue weighted by molar-refractivity contribution is 5.83. The number of aryl methyl sites for hydroxylation is 1. The third-order valence-electron chi connectivity index (χ3n) is 5.29. The van der Waals surface area contributed by atoms with Gasteiger partial charge in [0, 0.05) is 31.2 Å². The zero-order chi connectivity index (χ0) is 23.5. The fraction of sp³-hybridized carbons (Fsp3) is 0.440. The van der Waals surface area contributed by atoms with Crippen molar-refractivity contribution < 1.29 is 23.5 Å². The lowest BCUT2D eigenvalue weighted by Gasteiger charge is -2.41. The normalized spacial score (nSPS) is 17.6. The standard InChI is InChI=1S/C25H31FN2O4/c1-17-11-12-19(15-21(17)26)22(31-20-9-7-6-8-10-20)23(29)27-13-14-28(18(2)16-27)24(30)32-25(3,4)5/h6-12,15,18,22H,13-14,16H2,1-5H3/t18-,22?/m1/s1. The third kappa shape index (κ3) is 5.78. The molecular formula is C25H31FN2O4. The molecule has 0 bridgehead atoms. The minimum atomic E-state index is -0.993. The van der Waals surface area contributed by atoms with Crippen LogP contribution in [0.5, 0.6) is 5.75 Å². The Morgan fingerprint density at radius 2 is 1.78 bits per heavy atom. The number of ether oxygens (including phenoxy) is 2. The van der Waals surface area contributed by atoms with Gasteiger partial charge in [0.05, 0.1) is 0 Å². The van der Waals surface area contributed by atoms with E-state index in [0.717, 1.165) is 0 Å². The van der Waals surface area contributed by atoms with Crippen molar-refractivity contribution in [2.45, 2.75) is 52.4 Å². The first-order chi connectivity index (χ1) is 15.0. The quantitative estimate of drug-likeness (QED) is 0.687. The van der Waals surface area contributed by atoms with Crippen LogP contribution in [-0.2, 0) is 9.53 Å². The van der Waals surface area contributed by atoms with Gasteiger partial charge in [0.1, 0.15) is 17.2 Å². The summed E-state index contributed by atoms with van der Waals surface area (Å²) in [4.78, 5) is 29.3. The van der Waals surface area contributed by atoms with Crippen molar-refractivity contribution in [2.75, 3.05) is 19.6 Å². The van der Waals surface area contributed by atoms with Crippen molar-refractivity contribution >= 4 is 12.0 Å². The van der Waals surface area contributed by atoms with Crippen molar-refractivity contribution in [1.82, 2.24) is 9.80 Å². The molecule has 172 valence electrons. The Balaban J connectivity index is 1.79. The molecule has 2 aromatic rings. The van der Waals surface area contributed by atoms with Gasteiger partial charge < -0.3 is 19.3 Å². The van der Waals surface area contributed by atoms with Crippen molar-refractivity contribution in [2.24, 2.45) is 0 Å². The highest BCUT2D eigenvalue weighted by Crippen LogP contribution is 2.27. The van der Waals surface area contributed by atoms with Crippen LogP contribution in [0.15, 0.2) is 48.5 Å². The van der Waals surface area contributed by atoms with Gasteiger partial charge in [-0.3, -0.25) is 4.79 Å². The lowest BCUT2D eigenvalue weighted by molar-refractivity contribution is -0.142. The van der Waals surface area contributed by atoms with Crippen LogP contribution < -0.4 is 4.74 Å². The Morgan fingerprint density at radius 1 is 1.09 bits per heavy atom. The second kappa shape index (κ2) is 9.59. The van der Waals surface area contributed by atoms with Gasteiger partial charge in [-0.1, -0.05) is 30.3 Å². The smallest absolute Gasteiger partial charge is 0.410 e. The molecule has 2 aromatic carbocycles. The van der Waals surface area contributed by atoms with E-state index in [9.17, 15) is 14.0 Å². The second-order valence-electron chi connectivity index (χ2n) is 9.13. The minimum Gasteiger partial charge on any atom is -0.476 e. The van der Waals surface area contributed by atoms with E-state index in [4.69, 9.17) is 9.47 Å². The van der Waals surface area contributed by atoms with E-state index in [1.807, 2.05) is 45.9 Å². The lowest BCUT2D eigenvalue weighted by atomic mass is 10.0. The van der Waals surface area contributed by atoms with E-state index in [2.05, 4.69) is 0 Å². The van der Waals surface area contributed by atoms with Crippen LogP contribution >= 0.6 is 0 Å². The molecule has 0 saturated carbocycles. The van der Waals surface area contributed by atoms with Gasteiger partial charge in [0.25, 0.3) is 5.91 Å². The lowest BCUT2D eigenvalue weighted by Crippen LogP contribution is -2.57. The summed E-state index contributed by atoms with van der Waals surface area (Å²) in [7, 11) is 0. The monoisotopic (exact) mass is 442 g/mol. The molecular weight excluding hydrogens is 411 g/mol. The van der Waals surface area contributed by atoms with Gasteiger partial charge in [-0.15, -0.1) is 0 Å². The maximum atomic E-state index is 14.3. The Morgan fingerprint density at radius 3 is 2.38 bits per heavy atom. The minimum absolute atomic E-state index is 0.227. The average Bonchev–Trinajstić information content (AvgIpc) is 2.73. The molecule has 32 heavy (non-hydrogen) atoms. The highest BCUT2D eigenvalue weighted by Gasteiger charge is 2.36. The van der Waals surface area contributed by atoms with Gasteiger partial charge in [-0.25, -0.2) is 9.18 Å². The van der Waals surface area contributed by atoms with Crippen LogP contribution in [0.2, 0.25) is 0 Å². The number of amides is 2. The topological polar surface area (TPSA) is 59.1 Å². The molecule has 1 aliphatic rings. The number of para-hydroxylation sites is 1. The van der Waals surface area contributed by atoms with Gasteiger partial charge in [0.15, 0.2) is 0 Å². The zero-order valence-corrected chi connectivity index (χ0v) is 19.3. The van der Waals surface area contributed by atoms with Gasteiger partial charge in [-0.2, -0.15) is 0 Å². The van der Waals surface area contributed by atoms with Crippen molar-refractivity contribution in [1.29, 1.82) is 0 Å². The molecule has 6 nitrogen and oxygen atoms in total. The summed E-state index contributed by atoms with van der Waals surface area (Å²) >= 11 is 0. The van der Waals surface area contributed by atoms with Crippen LogP contribution in [0.3, 0.4) is 0 Å². The predicted molar refractivity (Wildman–Crippen MR) is 120 cm³/mol. The molecule has 7 heteroatoms. The molecule has 0 spiro atoms. The molecule has 0 aliphatic carbocycles. The Labute approximate surface area is 188 Å². The fourth-order valence-corrected chi connectivity index (χ4v) is 3.58. The number of piperazine rings is 1. The molecule has 0 aromatic heterocycles. The number of halogens is 1. The number of hydrogen-bond donors (Lipinski definition) is 0. The van der Waals surface area contributed by atoms with E-state index in [1.54, 1.807) is 41.0 Å². The molecule has 1 heterocycles. The highest BCUT2D eigenvalue weighted by atomic mass is 19.1. The Hall–Kier alpha value is -3.09. The van der Waals surface area contributed by atoms with Crippen molar-refractivity contribution in [3.63, 3.8) is 0 Å². The van der Waals surface area contributed by atoms with Crippen LogP contribution in [0.25, 0.3) is 0 Å². The SMILES string of the molecule is Cc1ccc(C(Oc2ccccc2)C(=O)N2CCN(C(=O)OC(C)(C)C)[C@H](C)C2)cc1F. The summed E-state index contributed by atoms with van der Waals surface area (Å²) in [6, 6.07) is 13.5. The molecule has 0 N–H and O–H groups in total. The van der Waals surface area contributed by atoms with E-state index < -0.39 is 17.8 Å². The number of benzene rings is 2. The summed E-state index contributed by atoms with van der Waals surface area (Å²) in [5.74, 6) is -0.139. The van der Waals surface area contributed by atoms with Crippen LogP contribution in [0.1, 0.15) is 44.9 Å². The summed E-state index contributed by atoms with van der Waals surface area (Å²) in [6.45, 7) is 10.0. The van der Waals surface area contributed by atoms with Crippen molar-refractivity contribution in [3.05, 3.63) is 65.5 Å². The Kier molecular flexibility index (Phi) is 7.06. The maximum absolute atomic E-state index is 14.3. The number of hydrogen-bond acceptors (Lipinski definition) is 4. The molecule has 2 amide bonds. The fourth-order valence-electron chi connectivity index (χ4n) is 3.58. The van der Waals surface area contributed by atoms with E-state index in [-0.39, 0.29) is 17.8 Å². The predicted octanol–water partition coefficient (Wildman–Crippen LogP) is 4.72. The molecule has 1 unspecified atom stereocenters. The van der Waals surface area contributed by atoms with Gasteiger partial charge >= 0.3 is 6.09 Å². The van der Waals surface area contributed by atoms with E-state index in [0.29, 0.717) is 36.5 Å². The summed E-state index contributed by atoms with van der Waals surface area (Å²) in [5.41, 5.74) is 0.358. The van der Waals surface area contributed by atoms with Crippen LogP contribution in [-0.4, -0.2) is 53.1 Å².